The van der Waals surface area contributed by atoms with Crippen LogP contribution in [-0.4, -0.2) is 32.7 Å². The predicted molar refractivity (Wildman–Crippen MR) is 96.6 cm³/mol. The highest BCUT2D eigenvalue weighted by atomic mass is 35.5. The van der Waals surface area contributed by atoms with Gasteiger partial charge >= 0.3 is 12.1 Å². The molecular formula is C18H11ClF3N3O4. The Bertz CT molecular complexity index is 1160. The first-order valence-electron chi connectivity index (χ1n) is 7.85. The van der Waals surface area contributed by atoms with E-state index in [1.54, 1.807) is 0 Å². The molecule has 29 heavy (non-hydrogen) atoms. The van der Waals surface area contributed by atoms with Crippen LogP contribution in [0.3, 0.4) is 0 Å². The molecule has 0 saturated carbocycles. The van der Waals surface area contributed by atoms with Gasteiger partial charge in [0.2, 0.25) is 0 Å². The zero-order valence-electron chi connectivity index (χ0n) is 14.6. The van der Waals surface area contributed by atoms with Crippen LogP contribution >= 0.6 is 11.6 Å². The average molecular weight is 426 g/mol. The molecule has 0 spiro atoms. The normalized spacial score (nSPS) is 11.3. The molecule has 3 rings (SSSR count). The van der Waals surface area contributed by atoms with Gasteiger partial charge in [-0.2, -0.15) is 13.2 Å². The van der Waals surface area contributed by atoms with E-state index in [2.05, 4.69) is 9.97 Å². The number of alkyl halides is 3. The first-order chi connectivity index (χ1) is 13.6. The zero-order valence-corrected chi connectivity index (χ0v) is 15.3. The highest BCUT2D eigenvalue weighted by molar-refractivity contribution is 6.29. The molecular weight excluding hydrogens is 415 g/mol. The Morgan fingerprint density at radius 1 is 1.17 bits per heavy atom. The summed E-state index contributed by atoms with van der Waals surface area (Å²) in [5, 5.41) is 9.54. The van der Waals surface area contributed by atoms with Crippen molar-refractivity contribution in [2.45, 2.75) is 6.18 Å². The number of halogens is 4. The highest BCUT2D eigenvalue weighted by Crippen LogP contribution is 2.34. The fourth-order valence-corrected chi connectivity index (χ4v) is 2.76. The summed E-state index contributed by atoms with van der Waals surface area (Å²) < 4.78 is 44.4. The molecule has 0 unspecified atom stereocenters. The molecule has 3 aromatic rings. The predicted octanol–water partition coefficient (Wildman–Crippen LogP) is 3.67. The molecule has 1 N–H and O–H groups in total. The summed E-state index contributed by atoms with van der Waals surface area (Å²) in [6.07, 6.45) is -1.49. The molecule has 0 amide bonds. The Morgan fingerprint density at radius 2 is 1.90 bits per heavy atom. The van der Waals surface area contributed by atoms with Crippen molar-refractivity contribution in [3.05, 3.63) is 69.5 Å². The third-order valence-corrected chi connectivity index (χ3v) is 4.16. The maximum Gasteiger partial charge on any atom is 0.416 e. The number of rotatable bonds is 4. The number of carbonyl (C=O) groups is 1. The molecule has 0 radical (unpaired) electrons. The Hall–Kier alpha value is -3.40. The molecule has 0 atom stereocenters. The van der Waals surface area contributed by atoms with Gasteiger partial charge in [0.05, 0.1) is 24.4 Å². The fourth-order valence-electron chi connectivity index (χ4n) is 2.60. The van der Waals surface area contributed by atoms with Crippen molar-refractivity contribution in [3.63, 3.8) is 0 Å². The minimum Gasteiger partial charge on any atom is -0.494 e. The smallest absolute Gasteiger partial charge is 0.416 e. The van der Waals surface area contributed by atoms with E-state index in [-0.39, 0.29) is 33.4 Å². The van der Waals surface area contributed by atoms with Crippen LogP contribution in [-0.2, 0) is 6.18 Å². The molecule has 3 aromatic heterocycles. The van der Waals surface area contributed by atoms with E-state index in [1.165, 1.54) is 25.4 Å². The minimum atomic E-state index is -4.68. The number of hydrogen-bond acceptors (Lipinski definition) is 5. The number of pyridine rings is 3. The van der Waals surface area contributed by atoms with Crippen LogP contribution in [0.4, 0.5) is 13.2 Å². The van der Waals surface area contributed by atoms with Gasteiger partial charge in [0.1, 0.15) is 16.7 Å². The van der Waals surface area contributed by atoms with Crippen molar-refractivity contribution in [2.75, 3.05) is 7.11 Å². The summed E-state index contributed by atoms with van der Waals surface area (Å²) in [7, 11) is 1.34. The second-order valence-corrected chi connectivity index (χ2v) is 6.11. The number of nitrogens with zero attached hydrogens (tertiary/aromatic N) is 3. The van der Waals surface area contributed by atoms with Crippen LogP contribution in [0.5, 0.6) is 5.75 Å². The quantitative estimate of drug-likeness (QED) is 0.641. The number of carboxylic acids is 1. The van der Waals surface area contributed by atoms with Crippen LogP contribution in [0.2, 0.25) is 5.15 Å². The maximum absolute atomic E-state index is 12.8. The van der Waals surface area contributed by atoms with E-state index >= 15 is 0 Å². The molecule has 0 bridgehead atoms. The number of methoxy groups -OCH3 is 1. The molecule has 150 valence electrons. The van der Waals surface area contributed by atoms with Gasteiger partial charge in [-0.25, -0.2) is 14.8 Å². The van der Waals surface area contributed by atoms with Crippen LogP contribution in [0.1, 0.15) is 15.9 Å². The van der Waals surface area contributed by atoms with E-state index < -0.39 is 23.3 Å². The Kier molecular flexibility index (Phi) is 5.29. The third kappa shape index (κ3) is 4.06. The van der Waals surface area contributed by atoms with Crippen LogP contribution in [0.25, 0.3) is 16.9 Å². The first kappa shape index (κ1) is 20.3. The van der Waals surface area contributed by atoms with Crippen molar-refractivity contribution < 1.29 is 27.8 Å². The van der Waals surface area contributed by atoms with E-state index in [1.807, 2.05) is 0 Å². The zero-order chi connectivity index (χ0) is 21.3. The molecule has 0 aliphatic rings. The lowest BCUT2D eigenvalue weighted by atomic mass is 10.0. The summed E-state index contributed by atoms with van der Waals surface area (Å²) in [5.74, 6) is -1.19. The number of ether oxygens (including phenoxy) is 1. The average Bonchev–Trinajstić information content (AvgIpc) is 2.66. The molecule has 0 aliphatic carbocycles. The van der Waals surface area contributed by atoms with Gasteiger partial charge in [-0.15, -0.1) is 0 Å². The molecule has 11 heteroatoms. The minimum absolute atomic E-state index is 0.0576. The standard InChI is InChI=1S/C18H11ClF3N3O4/c1-29-13-8-23-14(19)5-11(13)10-6-15(24-7-12(10)17(27)28)25-3-2-9(4-16(25)26)18(20,21)22/h2-8H,1H3,(H,27,28). The molecule has 3 heterocycles. The topological polar surface area (TPSA) is 94.3 Å². The van der Waals surface area contributed by atoms with Crippen molar-refractivity contribution in [1.82, 2.24) is 14.5 Å². The summed E-state index contributed by atoms with van der Waals surface area (Å²) in [6.45, 7) is 0. The second-order valence-electron chi connectivity index (χ2n) is 5.72. The van der Waals surface area contributed by atoms with Crippen molar-refractivity contribution >= 4 is 17.6 Å². The fraction of sp³-hybridized carbons (Fsp3) is 0.111. The number of carboxylic acid groups (broad SMARTS) is 1. The Morgan fingerprint density at radius 3 is 2.48 bits per heavy atom. The molecule has 0 aliphatic heterocycles. The van der Waals surface area contributed by atoms with Crippen molar-refractivity contribution in [3.8, 4) is 22.7 Å². The van der Waals surface area contributed by atoms with Crippen LogP contribution in [0, 0.1) is 0 Å². The third-order valence-electron chi connectivity index (χ3n) is 3.96. The van der Waals surface area contributed by atoms with Gasteiger partial charge < -0.3 is 9.84 Å². The van der Waals surface area contributed by atoms with E-state index in [0.29, 0.717) is 6.07 Å². The Labute approximate surface area is 166 Å². The van der Waals surface area contributed by atoms with Crippen LogP contribution < -0.4 is 10.3 Å². The van der Waals surface area contributed by atoms with E-state index in [4.69, 9.17) is 16.3 Å². The van der Waals surface area contributed by atoms with Crippen LogP contribution in [0.15, 0.2) is 47.7 Å². The largest absolute Gasteiger partial charge is 0.494 e. The van der Waals surface area contributed by atoms with Gasteiger partial charge in [0.25, 0.3) is 5.56 Å². The second kappa shape index (κ2) is 7.55. The number of aromatic nitrogens is 3. The summed E-state index contributed by atoms with van der Waals surface area (Å²) >= 11 is 5.91. The summed E-state index contributed by atoms with van der Waals surface area (Å²) in [5.41, 5.74) is -1.97. The SMILES string of the molecule is COc1cnc(Cl)cc1-c1cc(-n2ccc(C(F)(F)F)cc2=O)ncc1C(=O)O. The molecule has 7 nitrogen and oxygen atoms in total. The van der Waals surface area contributed by atoms with E-state index in [9.17, 15) is 27.9 Å². The van der Waals surface area contributed by atoms with E-state index in [0.717, 1.165) is 23.0 Å². The molecule has 0 saturated heterocycles. The monoisotopic (exact) mass is 425 g/mol. The van der Waals surface area contributed by atoms with Gasteiger partial charge in [0.15, 0.2) is 0 Å². The van der Waals surface area contributed by atoms with Gasteiger partial charge in [-0.05, 0) is 18.2 Å². The maximum atomic E-state index is 12.8. The van der Waals surface area contributed by atoms with Gasteiger partial charge in [0, 0.05) is 29.6 Å². The summed E-state index contributed by atoms with van der Waals surface area (Å²) in [6, 6.07) is 3.75. The summed E-state index contributed by atoms with van der Waals surface area (Å²) in [4.78, 5) is 31.6. The Balaban J connectivity index is 2.23. The number of aromatic carboxylic acids is 1. The molecule has 0 aromatic carbocycles. The first-order valence-corrected chi connectivity index (χ1v) is 8.23. The van der Waals surface area contributed by atoms with Crippen molar-refractivity contribution in [1.29, 1.82) is 0 Å². The highest BCUT2D eigenvalue weighted by Gasteiger charge is 2.31. The van der Waals surface area contributed by atoms with Gasteiger partial charge in [-0.1, -0.05) is 11.6 Å². The number of hydrogen-bond donors (Lipinski definition) is 1. The lowest BCUT2D eigenvalue weighted by molar-refractivity contribution is -0.137. The van der Waals surface area contributed by atoms with Gasteiger partial charge in [-0.3, -0.25) is 9.36 Å². The lowest BCUT2D eigenvalue weighted by Crippen LogP contribution is -2.21. The van der Waals surface area contributed by atoms with Crippen molar-refractivity contribution in [2.24, 2.45) is 0 Å². The lowest BCUT2D eigenvalue weighted by Gasteiger charge is -2.14. The molecule has 0 fully saturated rings.